The second-order valence-electron chi connectivity index (χ2n) is 4.73. The van der Waals surface area contributed by atoms with E-state index in [1.807, 2.05) is 30.9 Å². The van der Waals surface area contributed by atoms with Crippen LogP contribution in [0, 0.1) is 0 Å². The van der Waals surface area contributed by atoms with E-state index < -0.39 is 0 Å². The Kier molecular flexibility index (Phi) is 8.54. The van der Waals surface area contributed by atoms with Crippen molar-refractivity contribution in [2.24, 2.45) is 0 Å². The van der Waals surface area contributed by atoms with Crippen LogP contribution in [0.2, 0.25) is 0 Å². The van der Waals surface area contributed by atoms with E-state index in [1.54, 1.807) is 14.2 Å². The molecule has 0 aromatic heterocycles. The molecule has 0 aliphatic carbocycles. The summed E-state index contributed by atoms with van der Waals surface area (Å²) in [7, 11) is 5.38. The molecule has 3 nitrogen and oxygen atoms in total. The molecule has 0 radical (unpaired) electrons. The minimum Gasteiger partial charge on any atom is -0.497 e. The summed E-state index contributed by atoms with van der Waals surface area (Å²) in [6.45, 7) is 2.24. The lowest BCUT2D eigenvalue weighted by atomic mass is 10.1. The molecular weight excluding hydrogens is 270 g/mol. The third-order valence-electron chi connectivity index (χ3n) is 3.34. The van der Waals surface area contributed by atoms with Gasteiger partial charge in [0.05, 0.1) is 14.2 Å². The van der Waals surface area contributed by atoms with E-state index in [-0.39, 0.29) is 0 Å². The summed E-state index contributed by atoms with van der Waals surface area (Å²) in [4.78, 5) is 0. The number of benzene rings is 1. The van der Waals surface area contributed by atoms with E-state index in [4.69, 9.17) is 9.47 Å². The summed E-state index contributed by atoms with van der Waals surface area (Å²) < 4.78 is 10.7. The van der Waals surface area contributed by atoms with Crippen molar-refractivity contribution in [1.29, 1.82) is 0 Å². The van der Waals surface area contributed by atoms with Crippen LogP contribution in [0.1, 0.15) is 37.8 Å². The number of ether oxygens (including phenoxy) is 2. The summed E-state index contributed by atoms with van der Waals surface area (Å²) in [5.74, 6) is 4.00. The Bertz CT molecular complexity index is 385. The zero-order chi connectivity index (χ0) is 14.8. The minimum absolute atomic E-state index is 0.308. The average Bonchev–Trinajstić information content (AvgIpc) is 2.50. The first-order chi connectivity index (χ1) is 9.76. The second-order valence-corrected chi connectivity index (χ2v) is 5.88. The first-order valence-corrected chi connectivity index (χ1v) is 8.39. The van der Waals surface area contributed by atoms with Crippen molar-refractivity contribution in [3.05, 3.63) is 23.8 Å². The highest BCUT2D eigenvalue weighted by Crippen LogP contribution is 2.31. The summed E-state index contributed by atoms with van der Waals surface area (Å²) in [5, 5.41) is 3.38. The van der Waals surface area contributed by atoms with E-state index in [9.17, 15) is 0 Å². The van der Waals surface area contributed by atoms with Gasteiger partial charge in [-0.15, -0.1) is 0 Å². The molecule has 1 rings (SSSR count). The van der Waals surface area contributed by atoms with Crippen molar-refractivity contribution >= 4 is 11.8 Å². The van der Waals surface area contributed by atoms with Crippen LogP contribution in [-0.2, 0) is 0 Å². The summed E-state index contributed by atoms with van der Waals surface area (Å²) in [5.41, 5.74) is 1.19. The van der Waals surface area contributed by atoms with Gasteiger partial charge in [-0.25, -0.2) is 0 Å². The van der Waals surface area contributed by atoms with E-state index >= 15 is 0 Å². The zero-order valence-electron chi connectivity index (χ0n) is 13.1. The van der Waals surface area contributed by atoms with E-state index in [0.717, 1.165) is 17.3 Å². The van der Waals surface area contributed by atoms with Crippen LogP contribution in [0.4, 0.5) is 0 Å². The molecule has 0 amide bonds. The van der Waals surface area contributed by atoms with E-state index in [1.165, 1.54) is 30.6 Å². The Morgan fingerprint density at radius 3 is 2.60 bits per heavy atom. The maximum Gasteiger partial charge on any atom is 0.127 e. The highest BCUT2D eigenvalue weighted by atomic mass is 32.2. The lowest BCUT2D eigenvalue weighted by Crippen LogP contribution is -2.19. The third kappa shape index (κ3) is 5.25. The van der Waals surface area contributed by atoms with Crippen LogP contribution in [0.15, 0.2) is 18.2 Å². The minimum atomic E-state index is 0.308. The van der Waals surface area contributed by atoms with Crippen molar-refractivity contribution in [1.82, 2.24) is 5.32 Å². The van der Waals surface area contributed by atoms with Gasteiger partial charge in [0.25, 0.3) is 0 Å². The van der Waals surface area contributed by atoms with Gasteiger partial charge in [-0.2, -0.15) is 11.8 Å². The van der Waals surface area contributed by atoms with Crippen LogP contribution in [-0.4, -0.2) is 32.8 Å². The number of thioether (sulfide) groups is 1. The summed E-state index contributed by atoms with van der Waals surface area (Å²) >= 11 is 2.00. The van der Waals surface area contributed by atoms with Crippen molar-refractivity contribution in [2.45, 2.75) is 32.2 Å². The number of nitrogens with one attached hydrogen (secondary N) is 1. The normalized spacial score (nSPS) is 12.2. The molecular formula is C16H27NO2S. The van der Waals surface area contributed by atoms with Crippen molar-refractivity contribution in [2.75, 3.05) is 32.8 Å². The van der Waals surface area contributed by atoms with Crippen molar-refractivity contribution in [3.63, 3.8) is 0 Å². The van der Waals surface area contributed by atoms with E-state index in [2.05, 4.69) is 18.3 Å². The summed E-state index contributed by atoms with van der Waals surface area (Å²) in [6, 6.07) is 6.33. The van der Waals surface area contributed by atoms with Gasteiger partial charge in [-0.05, 0) is 25.3 Å². The third-order valence-corrected chi connectivity index (χ3v) is 4.49. The van der Waals surface area contributed by atoms with Crippen LogP contribution in [0.25, 0.3) is 0 Å². The molecule has 0 bridgehead atoms. The van der Waals surface area contributed by atoms with Gasteiger partial charge in [0.15, 0.2) is 0 Å². The topological polar surface area (TPSA) is 30.5 Å². The first kappa shape index (κ1) is 17.2. The molecule has 114 valence electrons. The number of hydrogen-bond acceptors (Lipinski definition) is 4. The molecule has 0 heterocycles. The standard InChI is InChI=1S/C16H27NO2S/c1-5-6-7-10-20-12-15(17-2)14-9-8-13(18-3)11-16(14)19-4/h8-9,11,15,17H,5-7,10,12H2,1-4H3. The Balaban J connectivity index is 2.64. The maximum absolute atomic E-state index is 5.49. The molecule has 1 aromatic carbocycles. The fraction of sp³-hybridized carbons (Fsp3) is 0.625. The smallest absolute Gasteiger partial charge is 0.127 e. The van der Waals surface area contributed by atoms with Gasteiger partial charge in [-0.1, -0.05) is 25.8 Å². The maximum atomic E-state index is 5.49. The van der Waals surface area contributed by atoms with Crippen LogP contribution in [0.3, 0.4) is 0 Å². The Morgan fingerprint density at radius 2 is 2.00 bits per heavy atom. The number of rotatable bonds is 10. The van der Waals surface area contributed by atoms with Gasteiger partial charge >= 0.3 is 0 Å². The molecule has 0 spiro atoms. The van der Waals surface area contributed by atoms with Crippen molar-refractivity contribution in [3.8, 4) is 11.5 Å². The van der Waals surface area contributed by atoms with Crippen LogP contribution >= 0.6 is 11.8 Å². The summed E-state index contributed by atoms with van der Waals surface area (Å²) in [6.07, 6.45) is 3.91. The fourth-order valence-electron chi connectivity index (χ4n) is 2.09. The Labute approximate surface area is 127 Å². The molecule has 0 saturated heterocycles. The molecule has 0 saturated carbocycles. The lowest BCUT2D eigenvalue weighted by molar-refractivity contribution is 0.387. The first-order valence-electron chi connectivity index (χ1n) is 7.23. The predicted molar refractivity (Wildman–Crippen MR) is 88.2 cm³/mol. The van der Waals surface area contributed by atoms with Crippen LogP contribution in [0.5, 0.6) is 11.5 Å². The highest BCUT2D eigenvalue weighted by Gasteiger charge is 2.15. The average molecular weight is 297 g/mol. The molecule has 1 aromatic rings. The largest absolute Gasteiger partial charge is 0.497 e. The highest BCUT2D eigenvalue weighted by molar-refractivity contribution is 7.99. The number of hydrogen-bond donors (Lipinski definition) is 1. The Morgan fingerprint density at radius 1 is 1.20 bits per heavy atom. The number of unbranched alkanes of at least 4 members (excludes halogenated alkanes) is 2. The molecule has 0 fully saturated rings. The van der Waals surface area contributed by atoms with Gasteiger partial charge in [0.1, 0.15) is 11.5 Å². The molecule has 20 heavy (non-hydrogen) atoms. The van der Waals surface area contributed by atoms with Crippen molar-refractivity contribution < 1.29 is 9.47 Å². The van der Waals surface area contributed by atoms with Gasteiger partial charge in [-0.3, -0.25) is 0 Å². The van der Waals surface area contributed by atoms with E-state index in [0.29, 0.717) is 6.04 Å². The molecule has 1 unspecified atom stereocenters. The monoisotopic (exact) mass is 297 g/mol. The second kappa shape index (κ2) is 9.94. The SMILES string of the molecule is CCCCCSCC(NC)c1ccc(OC)cc1OC. The predicted octanol–water partition coefficient (Wildman–Crippen LogP) is 3.89. The molecule has 1 N–H and O–H groups in total. The quantitative estimate of drug-likeness (QED) is 0.664. The Hall–Kier alpha value is -0.870. The van der Waals surface area contributed by atoms with Gasteiger partial charge in [0.2, 0.25) is 0 Å². The molecule has 1 atom stereocenters. The molecule has 4 heteroatoms. The van der Waals surface area contributed by atoms with Gasteiger partial charge < -0.3 is 14.8 Å². The lowest BCUT2D eigenvalue weighted by Gasteiger charge is -2.19. The fourth-order valence-corrected chi connectivity index (χ4v) is 3.25. The molecule has 0 aliphatic rings. The van der Waals surface area contributed by atoms with Crippen LogP contribution < -0.4 is 14.8 Å². The molecule has 0 aliphatic heterocycles. The number of methoxy groups -OCH3 is 2. The van der Waals surface area contributed by atoms with Gasteiger partial charge in [0, 0.05) is 23.4 Å². The zero-order valence-corrected chi connectivity index (χ0v) is 13.9.